The molecule has 7 rings (SSSR count). The molecule has 444 valence electrons. The SMILES string of the molecule is CC[C@@]1(O)C(=O)OCc2c1cc1n(c2=O)Cc2c-1nc1cc(F)c(C)c3c1c2[C@@H](NC(=O)c1ccc(NC(=O)C(CCCCN)NC(=O)C(NC(=O)CCOCCOCCOCCOCCOCCOCCN=[N+]=[N-])C(C)C)cc1)CC3. The smallest absolute Gasteiger partial charge is 0.343 e. The molecule has 2 aliphatic heterocycles. The van der Waals surface area contributed by atoms with Gasteiger partial charge < -0.3 is 69.8 Å². The van der Waals surface area contributed by atoms with E-state index in [0.29, 0.717) is 136 Å². The lowest BCUT2D eigenvalue weighted by atomic mass is 9.81. The van der Waals surface area contributed by atoms with Gasteiger partial charge in [0.05, 0.1) is 114 Å². The number of hydrogen-bond donors (Lipinski definition) is 6. The number of nitrogens with one attached hydrogen (secondary N) is 4. The molecular weight excluding hydrogens is 1070 g/mol. The van der Waals surface area contributed by atoms with Gasteiger partial charge in [0.2, 0.25) is 17.7 Å². The summed E-state index contributed by atoms with van der Waals surface area (Å²) in [4.78, 5) is 89.2. The summed E-state index contributed by atoms with van der Waals surface area (Å²) >= 11 is 0. The lowest BCUT2D eigenvalue weighted by Crippen LogP contribution is -2.54. The molecule has 0 saturated carbocycles. The van der Waals surface area contributed by atoms with Crippen LogP contribution in [0.5, 0.6) is 0 Å². The van der Waals surface area contributed by atoms with Crippen molar-refractivity contribution >= 4 is 46.2 Å². The number of benzene rings is 2. The number of unbranched alkanes of at least 4 members (excludes halogenated alkanes) is 1. The van der Waals surface area contributed by atoms with Crippen molar-refractivity contribution in [3.63, 3.8) is 0 Å². The van der Waals surface area contributed by atoms with Crippen LogP contribution in [0.3, 0.4) is 0 Å². The predicted molar refractivity (Wildman–Crippen MR) is 298 cm³/mol. The Morgan fingerprint density at radius 3 is 2.13 bits per heavy atom. The van der Waals surface area contributed by atoms with E-state index in [1.54, 1.807) is 58.0 Å². The Morgan fingerprint density at radius 1 is 0.890 bits per heavy atom. The van der Waals surface area contributed by atoms with Gasteiger partial charge >= 0.3 is 5.97 Å². The molecule has 2 unspecified atom stereocenters. The molecule has 2 aromatic carbocycles. The number of esters is 1. The van der Waals surface area contributed by atoms with Gasteiger partial charge in [0.15, 0.2) is 5.60 Å². The maximum Gasteiger partial charge on any atom is 0.343 e. The number of carbonyl (C=O) groups is 5. The van der Waals surface area contributed by atoms with Gasteiger partial charge in [-0.05, 0) is 110 Å². The van der Waals surface area contributed by atoms with Crippen molar-refractivity contribution in [1.82, 2.24) is 25.5 Å². The zero-order valence-electron chi connectivity index (χ0n) is 47.0. The minimum absolute atomic E-state index is 0.0113. The quantitative estimate of drug-likeness (QED) is 0.0109. The lowest BCUT2D eigenvalue weighted by molar-refractivity contribution is -0.172. The number of ether oxygens (including phenoxy) is 7. The van der Waals surface area contributed by atoms with Gasteiger partial charge in [-0.3, -0.25) is 24.0 Å². The van der Waals surface area contributed by atoms with Crippen molar-refractivity contribution in [2.24, 2.45) is 16.8 Å². The normalized spacial score (nSPS) is 16.6. The van der Waals surface area contributed by atoms with E-state index in [-0.39, 0.29) is 81.4 Å². The topological polar surface area (TPSA) is 328 Å². The number of pyridine rings is 2. The van der Waals surface area contributed by atoms with Crippen LogP contribution in [0.15, 0.2) is 46.3 Å². The number of carbonyl (C=O) groups excluding carboxylic acids is 5. The molecule has 0 bridgehead atoms. The van der Waals surface area contributed by atoms with Crippen molar-refractivity contribution in [3.8, 4) is 11.4 Å². The summed E-state index contributed by atoms with van der Waals surface area (Å²) in [6.07, 6.45) is 2.20. The van der Waals surface area contributed by atoms with Crippen molar-refractivity contribution in [1.29, 1.82) is 0 Å². The fraction of sp³-hybridized carbons (Fsp3) is 0.561. The van der Waals surface area contributed by atoms with E-state index in [4.69, 9.17) is 49.4 Å². The summed E-state index contributed by atoms with van der Waals surface area (Å²) in [5.41, 5.74) is 16.1. The fourth-order valence-corrected chi connectivity index (χ4v) is 10.2. The summed E-state index contributed by atoms with van der Waals surface area (Å²) < 4.78 is 54.9. The summed E-state index contributed by atoms with van der Waals surface area (Å²) in [6, 6.07) is 6.69. The molecule has 82 heavy (non-hydrogen) atoms. The minimum atomic E-state index is -2.04. The van der Waals surface area contributed by atoms with Gasteiger partial charge in [0.25, 0.3) is 11.5 Å². The van der Waals surface area contributed by atoms with Crippen LogP contribution in [-0.4, -0.2) is 149 Å². The predicted octanol–water partition coefficient (Wildman–Crippen LogP) is 4.44. The maximum absolute atomic E-state index is 15.5. The van der Waals surface area contributed by atoms with Crippen LogP contribution >= 0.6 is 0 Å². The molecule has 4 aromatic rings. The third-order valence-corrected chi connectivity index (χ3v) is 14.7. The van der Waals surface area contributed by atoms with E-state index in [1.807, 2.05) is 0 Å². The number of rotatable bonds is 34. The first kappa shape index (κ1) is 62.7. The number of aromatic nitrogens is 2. The lowest BCUT2D eigenvalue weighted by Gasteiger charge is -2.31. The standard InChI is InChI=1S/C57H75FN10O14/c1-5-57(75)41-30-46-51-39(32-68(46)55(73)40(41)33-82-56(57)74)49-43(14-13-38-35(4)42(58)31-45(63-51)48(38)49)64-52(70)36-9-11-37(12-10-36)62-53(71)44(8-6-7-16-59)65-54(72)50(34(2)3)66-47(69)15-18-76-20-22-78-24-26-80-28-29-81-27-25-79-23-21-77-19-17-61-67-60/h9-12,30-31,34,43-44,50,75H,5-8,13-29,32-33,59H2,1-4H3,(H,62,71)(H,64,70)(H,65,72)(H,66,69)/t43-,44?,50?,57-/m0/s1. The summed E-state index contributed by atoms with van der Waals surface area (Å²) in [7, 11) is 0. The van der Waals surface area contributed by atoms with Crippen molar-refractivity contribution in [2.45, 2.75) is 110 Å². The Hall–Kier alpha value is -6.93. The average molecular weight is 1140 g/mol. The number of anilines is 1. The van der Waals surface area contributed by atoms with Crippen molar-refractivity contribution in [2.75, 3.05) is 97.7 Å². The summed E-state index contributed by atoms with van der Waals surface area (Å²) in [5, 5.41) is 27.1. The van der Waals surface area contributed by atoms with Crippen LogP contribution in [0, 0.1) is 18.7 Å². The van der Waals surface area contributed by atoms with Crippen LogP contribution in [0.4, 0.5) is 10.1 Å². The van der Waals surface area contributed by atoms with E-state index in [2.05, 4.69) is 31.3 Å². The number of fused-ring (bicyclic) bond motifs is 5. The number of nitrogens with two attached hydrogens (primary N) is 1. The number of amides is 4. The van der Waals surface area contributed by atoms with Gasteiger partial charge in [-0.1, -0.05) is 25.9 Å². The fourth-order valence-electron chi connectivity index (χ4n) is 10.2. The molecule has 4 amide bonds. The Bertz CT molecular complexity index is 3030. The first-order valence-corrected chi connectivity index (χ1v) is 27.9. The summed E-state index contributed by atoms with van der Waals surface area (Å²) in [6.45, 7) is 11.5. The van der Waals surface area contributed by atoms with Gasteiger partial charge in [0, 0.05) is 51.7 Å². The largest absolute Gasteiger partial charge is 0.458 e. The van der Waals surface area contributed by atoms with Gasteiger partial charge in [-0.15, -0.1) is 0 Å². The molecule has 3 aliphatic rings. The number of aliphatic hydroxyl groups is 1. The molecule has 0 spiro atoms. The molecule has 2 aromatic heterocycles. The van der Waals surface area contributed by atoms with E-state index in [0.717, 1.165) is 5.56 Å². The zero-order chi connectivity index (χ0) is 58.8. The highest BCUT2D eigenvalue weighted by Crippen LogP contribution is 2.46. The van der Waals surface area contributed by atoms with E-state index in [9.17, 15) is 33.9 Å². The number of aryl methyl sites for hydroxylation is 1. The molecule has 24 nitrogen and oxygen atoms in total. The Kier molecular flexibility index (Phi) is 23.2. The molecule has 25 heteroatoms. The number of halogens is 1. The highest BCUT2D eigenvalue weighted by Gasteiger charge is 2.46. The first-order valence-electron chi connectivity index (χ1n) is 27.9. The maximum atomic E-state index is 15.5. The Balaban J connectivity index is 0.881. The Morgan fingerprint density at radius 2 is 1.52 bits per heavy atom. The van der Waals surface area contributed by atoms with Crippen LogP contribution in [-0.2, 0) is 77.5 Å². The molecule has 4 atom stereocenters. The number of nitrogens with zero attached hydrogens (tertiary/aromatic N) is 5. The highest BCUT2D eigenvalue weighted by molar-refractivity contribution is 6.00. The molecular formula is C57H75FN10O14. The second-order valence-electron chi connectivity index (χ2n) is 20.5. The van der Waals surface area contributed by atoms with E-state index >= 15 is 4.39 Å². The molecule has 0 fully saturated rings. The second-order valence-corrected chi connectivity index (χ2v) is 20.5. The minimum Gasteiger partial charge on any atom is -0.458 e. The molecule has 0 saturated heterocycles. The number of hydrogen-bond acceptors (Lipinski definition) is 17. The van der Waals surface area contributed by atoms with E-state index in [1.165, 1.54) is 10.6 Å². The van der Waals surface area contributed by atoms with Crippen LogP contribution < -0.4 is 32.6 Å². The zero-order valence-corrected chi connectivity index (χ0v) is 47.0. The number of cyclic esters (lactones) is 1. The van der Waals surface area contributed by atoms with Crippen LogP contribution in [0.1, 0.15) is 109 Å². The van der Waals surface area contributed by atoms with Crippen LogP contribution in [0.25, 0.3) is 32.7 Å². The van der Waals surface area contributed by atoms with Gasteiger partial charge in [0.1, 0.15) is 24.5 Å². The number of azide groups is 1. The first-order chi connectivity index (χ1) is 39.6. The van der Waals surface area contributed by atoms with E-state index < -0.39 is 64.7 Å². The van der Waals surface area contributed by atoms with Crippen molar-refractivity contribution in [3.05, 3.63) is 102 Å². The molecule has 4 heterocycles. The highest BCUT2D eigenvalue weighted by atomic mass is 19.1. The average Bonchev–Trinajstić information content (AvgIpc) is 1.82. The second kappa shape index (κ2) is 30.4. The summed E-state index contributed by atoms with van der Waals surface area (Å²) in [5.74, 6) is -3.50. The molecule has 0 radical (unpaired) electrons. The third-order valence-electron chi connectivity index (χ3n) is 14.7. The van der Waals surface area contributed by atoms with Gasteiger partial charge in [-0.25, -0.2) is 14.2 Å². The van der Waals surface area contributed by atoms with Crippen LogP contribution in [0.2, 0.25) is 0 Å². The molecule has 1 aliphatic carbocycles. The van der Waals surface area contributed by atoms with Crippen molar-refractivity contribution < 1.29 is 66.6 Å². The third kappa shape index (κ3) is 15.6. The monoisotopic (exact) mass is 1140 g/mol. The Labute approximate surface area is 474 Å². The molecule has 7 N–H and O–H groups in total. The van der Waals surface area contributed by atoms with Gasteiger partial charge in [-0.2, -0.15) is 0 Å².